The van der Waals surface area contributed by atoms with Crippen molar-refractivity contribution in [1.82, 2.24) is 5.32 Å². The van der Waals surface area contributed by atoms with E-state index in [2.05, 4.69) is 5.32 Å². The molecule has 4 heteroatoms. The average Bonchev–Trinajstić information content (AvgIpc) is 2.94. The van der Waals surface area contributed by atoms with Crippen molar-refractivity contribution in [3.8, 4) is 0 Å². The van der Waals surface area contributed by atoms with Crippen molar-refractivity contribution in [3.05, 3.63) is 0 Å². The SMILES string of the molecule is CC(C)(CCC(=O)O)NC(=O)CCC1CC1. The Morgan fingerprint density at radius 3 is 2.44 bits per heavy atom. The van der Waals surface area contributed by atoms with Crippen LogP contribution in [0.2, 0.25) is 0 Å². The van der Waals surface area contributed by atoms with Crippen LogP contribution in [0.15, 0.2) is 0 Å². The molecule has 0 aromatic rings. The van der Waals surface area contributed by atoms with E-state index in [1.165, 1.54) is 12.8 Å². The summed E-state index contributed by atoms with van der Waals surface area (Å²) >= 11 is 0. The summed E-state index contributed by atoms with van der Waals surface area (Å²) in [4.78, 5) is 22.0. The molecule has 16 heavy (non-hydrogen) atoms. The summed E-state index contributed by atoms with van der Waals surface area (Å²) in [6.07, 6.45) is 4.63. The summed E-state index contributed by atoms with van der Waals surface area (Å²) in [5.41, 5.74) is -0.418. The van der Waals surface area contributed by atoms with Crippen molar-refractivity contribution in [3.63, 3.8) is 0 Å². The monoisotopic (exact) mass is 227 g/mol. The Balaban J connectivity index is 2.20. The Hall–Kier alpha value is -1.06. The molecule has 1 amide bonds. The molecular weight excluding hydrogens is 206 g/mol. The third kappa shape index (κ3) is 5.73. The first-order valence-corrected chi connectivity index (χ1v) is 5.92. The number of rotatable bonds is 7. The molecule has 0 aromatic carbocycles. The minimum absolute atomic E-state index is 0.0438. The number of hydrogen-bond acceptors (Lipinski definition) is 2. The van der Waals surface area contributed by atoms with Gasteiger partial charge < -0.3 is 10.4 Å². The van der Waals surface area contributed by atoms with E-state index in [4.69, 9.17) is 5.11 Å². The van der Waals surface area contributed by atoms with E-state index in [9.17, 15) is 9.59 Å². The van der Waals surface area contributed by atoms with Gasteiger partial charge in [-0.15, -0.1) is 0 Å². The molecule has 1 aliphatic rings. The van der Waals surface area contributed by atoms with Gasteiger partial charge in [0.05, 0.1) is 0 Å². The number of carbonyl (C=O) groups is 2. The predicted molar refractivity (Wildman–Crippen MR) is 61.0 cm³/mol. The molecule has 0 radical (unpaired) electrons. The molecule has 92 valence electrons. The van der Waals surface area contributed by atoms with Crippen LogP contribution in [0.1, 0.15) is 52.4 Å². The Labute approximate surface area is 96.4 Å². The Kier molecular flexibility index (Phi) is 4.33. The molecule has 0 spiro atoms. The summed E-state index contributed by atoms with van der Waals surface area (Å²) in [7, 11) is 0. The highest BCUT2D eigenvalue weighted by Crippen LogP contribution is 2.33. The molecule has 4 nitrogen and oxygen atoms in total. The first-order chi connectivity index (χ1) is 7.39. The fourth-order valence-corrected chi connectivity index (χ4v) is 1.66. The van der Waals surface area contributed by atoms with Gasteiger partial charge in [0, 0.05) is 18.4 Å². The standard InChI is InChI=1S/C12H21NO3/c1-12(2,8-7-11(15)16)13-10(14)6-5-9-3-4-9/h9H,3-8H2,1-2H3,(H,13,14)(H,15,16). The van der Waals surface area contributed by atoms with Crippen LogP contribution >= 0.6 is 0 Å². The van der Waals surface area contributed by atoms with Crippen molar-refractivity contribution >= 4 is 11.9 Å². The Morgan fingerprint density at radius 2 is 1.94 bits per heavy atom. The molecule has 1 rings (SSSR count). The molecule has 0 heterocycles. The fraction of sp³-hybridized carbons (Fsp3) is 0.833. The van der Waals surface area contributed by atoms with Gasteiger partial charge in [0.2, 0.25) is 5.91 Å². The number of hydrogen-bond donors (Lipinski definition) is 2. The summed E-state index contributed by atoms with van der Waals surface area (Å²) in [5.74, 6) is -0.0181. The summed E-state index contributed by atoms with van der Waals surface area (Å²) in [6.45, 7) is 3.73. The van der Waals surface area contributed by atoms with Gasteiger partial charge in [-0.3, -0.25) is 9.59 Å². The first kappa shape index (κ1) is 13.0. The molecule has 0 atom stereocenters. The third-order valence-electron chi connectivity index (χ3n) is 2.92. The van der Waals surface area contributed by atoms with E-state index in [0.29, 0.717) is 12.8 Å². The van der Waals surface area contributed by atoms with Crippen LogP contribution in [-0.4, -0.2) is 22.5 Å². The van der Waals surface area contributed by atoms with Gasteiger partial charge in [-0.1, -0.05) is 12.8 Å². The van der Waals surface area contributed by atoms with Crippen molar-refractivity contribution in [2.45, 2.75) is 57.9 Å². The molecule has 0 aromatic heterocycles. The lowest BCUT2D eigenvalue weighted by Gasteiger charge is -2.25. The Bertz CT molecular complexity index is 269. The second-order valence-electron chi connectivity index (χ2n) is 5.31. The van der Waals surface area contributed by atoms with E-state index in [0.717, 1.165) is 12.3 Å². The Morgan fingerprint density at radius 1 is 1.31 bits per heavy atom. The second-order valence-corrected chi connectivity index (χ2v) is 5.31. The van der Waals surface area contributed by atoms with E-state index in [1.54, 1.807) is 0 Å². The molecular formula is C12H21NO3. The van der Waals surface area contributed by atoms with Gasteiger partial charge >= 0.3 is 5.97 Å². The van der Waals surface area contributed by atoms with Crippen LogP contribution in [0.25, 0.3) is 0 Å². The highest BCUT2D eigenvalue weighted by molar-refractivity contribution is 5.76. The zero-order valence-corrected chi connectivity index (χ0v) is 10.1. The largest absolute Gasteiger partial charge is 0.481 e. The van der Waals surface area contributed by atoms with E-state index < -0.39 is 11.5 Å². The summed E-state index contributed by atoms with van der Waals surface area (Å²) < 4.78 is 0. The van der Waals surface area contributed by atoms with Crippen molar-refractivity contribution in [2.24, 2.45) is 5.92 Å². The normalized spacial score (nSPS) is 15.9. The fourth-order valence-electron chi connectivity index (χ4n) is 1.66. The summed E-state index contributed by atoms with van der Waals surface area (Å²) in [5, 5.41) is 11.5. The molecule has 1 aliphatic carbocycles. The number of carboxylic acid groups (broad SMARTS) is 1. The van der Waals surface area contributed by atoms with Gasteiger partial charge in [-0.2, -0.15) is 0 Å². The molecule has 1 saturated carbocycles. The second kappa shape index (κ2) is 5.32. The molecule has 1 fully saturated rings. The first-order valence-electron chi connectivity index (χ1n) is 5.92. The maximum absolute atomic E-state index is 11.6. The van der Waals surface area contributed by atoms with Crippen LogP contribution in [0.4, 0.5) is 0 Å². The van der Waals surface area contributed by atoms with E-state index >= 15 is 0 Å². The van der Waals surface area contributed by atoms with E-state index in [1.807, 2.05) is 13.8 Å². The van der Waals surface area contributed by atoms with Crippen molar-refractivity contribution < 1.29 is 14.7 Å². The van der Waals surface area contributed by atoms with Gasteiger partial charge in [0.1, 0.15) is 0 Å². The topological polar surface area (TPSA) is 66.4 Å². The van der Waals surface area contributed by atoms with Gasteiger partial charge in [0.15, 0.2) is 0 Å². The highest BCUT2D eigenvalue weighted by atomic mass is 16.4. The number of aliphatic carboxylic acids is 1. The summed E-state index contributed by atoms with van der Waals surface area (Å²) in [6, 6.07) is 0. The maximum Gasteiger partial charge on any atom is 0.303 e. The van der Waals surface area contributed by atoms with Gasteiger partial charge in [-0.05, 0) is 32.6 Å². The number of carbonyl (C=O) groups excluding carboxylic acids is 1. The predicted octanol–water partition coefficient (Wildman–Crippen LogP) is 1.94. The lowest BCUT2D eigenvalue weighted by Crippen LogP contribution is -2.43. The van der Waals surface area contributed by atoms with Gasteiger partial charge in [0.25, 0.3) is 0 Å². The molecule has 0 bridgehead atoms. The smallest absolute Gasteiger partial charge is 0.303 e. The molecule has 0 aliphatic heterocycles. The number of nitrogens with one attached hydrogen (secondary N) is 1. The van der Waals surface area contributed by atoms with Crippen LogP contribution in [0, 0.1) is 5.92 Å². The van der Waals surface area contributed by atoms with E-state index in [-0.39, 0.29) is 12.3 Å². The van der Waals surface area contributed by atoms with Crippen LogP contribution in [0.5, 0.6) is 0 Å². The highest BCUT2D eigenvalue weighted by Gasteiger charge is 2.24. The minimum Gasteiger partial charge on any atom is -0.481 e. The molecule has 0 saturated heterocycles. The minimum atomic E-state index is -0.819. The third-order valence-corrected chi connectivity index (χ3v) is 2.92. The quantitative estimate of drug-likeness (QED) is 0.698. The van der Waals surface area contributed by atoms with Crippen LogP contribution < -0.4 is 5.32 Å². The zero-order valence-electron chi connectivity index (χ0n) is 10.1. The van der Waals surface area contributed by atoms with Crippen molar-refractivity contribution in [2.75, 3.05) is 0 Å². The molecule has 0 unspecified atom stereocenters. The number of amides is 1. The molecule has 2 N–H and O–H groups in total. The zero-order chi connectivity index (χ0) is 12.2. The van der Waals surface area contributed by atoms with Crippen LogP contribution in [0.3, 0.4) is 0 Å². The lowest BCUT2D eigenvalue weighted by atomic mass is 9.98. The average molecular weight is 227 g/mol. The maximum atomic E-state index is 11.6. The van der Waals surface area contributed by atoms with Gasteiger partial charge in [-0.25, -0.2) is 0 Å². The lowest BCUT2D eigenvalue weighted by molar-refractivity contribution is -0.137. The van der Waals surface area contributed by atoms with Crippen molar-refractivity contribution in [1.29, 1.82) is 0 Å². The number of carboxylic acids is 1. The van der Waals surface area contributed by atoms with Crippen LogP contribution in [-0.2, 0) is 9.59 Å².